The fourth-order valence-corrected chi connectivity index (χ4v) is 3.85. The molecule has 2 fully saturated rings. The third-order valence-corrected chi connectivity index (χ3v) is 5.60. The number of hydrogen-bond donors (Lipinski definition) is 2. The van der Waals surface area contributed by atoms with E-state index in [2.05, 4.69) is 17.1 Å². The molecule has 0 atom stereocenters. The first kappa shape index (κ1) is 18.7. The number of para-hydroxylation sites is 1. The first-order chi connectivity index (χ1) is 12.5. The van der Waals surface area contributed by atoms with Crippen molar-refractivity contribution in [3.8, 4) is 0 Å². The Morgan fingerprint density at radius 1 is 1.08 bits per heavy atom. The summed E-state index contributed by atoms with van der Waals surface area (Å²) in [6.07, 6.45) is 4.59. The zero-order chi connectivity index (χ0) is 18.5. The second kappa shape index (κ2) is 8.54. The van der Waals surface area contributed by atoms with Crippen molar-refractivity contribution in [1.29, 1.82) is 0 Å². The molecule has 1 heterocycles. The van der Waals surface area contributed by atoms with Crippen LogP contribution in [0.5, 0.6) is 0 Å². The van der Waals surface area contributed by atoms with Crippen LogP contribution >= 0.6 is 0 Å². The van der Waals surface area contributed by atoms with Crippen LogP contribution in [0.15, 0.2) is 24.3 Å². The Bertz CT molecular complexity index is 632. The quantitative estimate of drug-likeness (QED) is 0.804. The molecule has 142 valence electrons. The summed E-state index contributed by atoms with van der Waals surface area (Å²) in [6.45, 7) is 5.38. The van der Waals surface area contributed by atoms with Gasteiger partial charge in [0.05, 0.1) is 12.1 Å². The number of amides is 2. The fourth-order valence-electron chi connectivity index (χ4n) is 3.85. The molecule has 6 nitrogen and oxygen atoms in total. The van der Waals surface area contributed by atoms with Crippen LogP contribution in [-0.4, -0.2) is 60.4 Å². The summed E-state index contributed by atoms with van der Waals surface area (Å²) < 4.78 is 0. The molecule has 1 aliphatic carbocycles. The molecule has 0 unspecified atom stereocenters. The smallest absolute Gasteiger partial charge is 0.256 e. The lowest BCUT2D eigenvalue weighted by molar-refractivity contribution is -0.123. The monoisotopic (exact) mass is 358 g/mol. The molecule has 0 aromatic heterocycles. The third kappa shape index (κ3) is 4.75. The van der Waals surface area contributed by atoms with E-state index in [1.54, 1.807) is 12.1 Å². The molecule has 3 rings (SSSR count). The van der Waals surface area contributed by atoms with Crippen molar-refractivity contribution in [1.82, 2.24) is 15.1 Å². The number of rotatable bonds is 4. The number of nitrogen functional groups attached to an aromatic ring is 1. The molecular weight excluding hydrogens is 328 g/mol. The highest BCUT2D eigenvalue weighted by Crippen LogP contribution is 2.23. The fraction of sp³-hybridized carbons (Fsp3) is 0.600. The third-order valence-electron chi connectivity index (χ3n) is 5.60. The van der Waals surface area contributed by atoms with Gasteiger partial charge in [0.25, 0.3) is 5.91 Å². The lowest BCUT2D eigenvalue weighted by Crippen LogP contribution is -2.52. The van der Waals surface area contributed by atoms with E-state index in [9.17, 15) is 9.59 Å². The Morgan fingerprint density at radius 2 is 1.73 bits per heavy atom. The van der Waals surface area contributed by atoms with Crippen LogP contribution in [0.2, 0.25) is 0 Å². The lowest BCUT2D eigenvalue weighted by Gasteiger charge is -2.35. The first-order valence-electron chi connectivity index (χ1n) is 9.68. The predicted molar refractivity (Wildman–Crippen MR) is 103 cm³/mol. The van der Waals surface area contributed by atoms with Crippen LogP contribution in [0.3, 0.4) is 0 Å². The minimum Gasteiger partial charge on any atom is -0.398 e. The van der Waals surface area contributed by atoms with E-state index in [1.165, 1.54) is 12.8 Å². The largest absolute Gasteiger partial charge is 0.398 e. The maximum atomic E-state index is 12.6. The molecule has 1 saturated carbocycles. The Hall–Kier alpha value is -2.08. The predicted octanol–water partition coefficient (Wildman–Crippen LogP) is 1.72. The lowest BCUT2D eigenvalue weighted by atomic mass is 9.87. The summed E-state index contributed by atoms with van der Waals surface area (Å²) >= 11 is 0. The summed E-state index contributed by atoms with van der Waals surface area (Å²) in [4.78, 5) is 28.8. The Kier molecular flexibility index (Phi) is 6.14. The van der Waals surface area contributed by atoms with Crippen LogP contribution in [0.1, 0.15) is 43.0 Å². The number of carbonyl (C=O) groups is 2. The molecule has 2 amide bonds. The SMILES string of the molecule is CC1CCC(NC(=O)CN2CCN(C(=O)c3ccccc3N)CC2)CC1. The maximum absolute atomic E-state index is 12.6. The molecular formula is C20H30N4O2. The van der Waals surface area contributed by atoms with Crippen molar-refractivity contribution < 1.29 is 9.59 Å². The van der Waals surface area contributed by atoms with Crippen LogP contribution in [0.4, 0.5) is 5.69 Å². The van der Waals surface area contributed by atoms with Crippen molar-refractivity contribution >= 4 is 17.5 Å². The summed E-state index contributed by atoms with van der Waals surface area (Å²) in [5, 5.41) is 3.18. The number of nitrogens with one attached hydrogen (secondary N) is 1. The number of nitrogens with two attached hydrogens (primary N) is 1. The minimum atomic E-state index is -0.0245. The normalized spacial score (nSPS) is 24.3. The highest BCUT2D eigenvalue weighted by atomic mass is 16.2. The van der Waals surface area contributed by atoms with Gasteiger partial charge in [0.2, 0.25) is 5.91 Å². The number of anilines is 1. The van der Waals surface area contributed by atoms with Crippen molar-refractivity contribution in [3.63, 3.8) is 0 Å². The maximum Gasteiger partial charge on any atom is 0.256 e. The molecule has 0 radical (unpaired) electrons. The van der Waals surface area contributed by atoms with Gasteiger partial charge in [-0.05, 0) is 43.7 Å². The van der Waals surface area contributed by atoms with Gasteiger partial charge in [-0.2, -0.15) is 0 Å². The van der Waals surface area contributed by atoms with Gasteiger partial charge in [0.15, 0.2) is 0 Å². The van der Waals surface area contributed by atoms with Crippen molar-refractivity contribution in [2.75, 3.05) is 38.5 Å². The molecule has 1 saturated heterocycles. The highest BCUT2D eigenvalue weighted by molar-refractivity contribution is 5.99. The summed E-state index contributed by atoms with van der Waals surface area (Å²) in [5.41, 5.74) is 6.98. The molecule has 26 heavy (non-hydrogen) atoms. The Morgan fingerprint density at radius 3 is 2.38 bits per heavy atom. The van der Waals surface area contributed by atoms with Gasteiger partial charge in [-0.1, -0.05) is 19.1 Å². The number of carbonyl (C=O) groups excluding carboxylic acids is 2. The van der Waals surface area contributed by atoms with Crippen molar-refractivity contribution in [2.24, 2.45) is 5.92 Å². The minimum absolute atomic E-state index is 0.0245. The standard InChI is InChI=1S/C20H30N4O2/c1-15-6-8-16(9-7-15)22-19(25)14-23-10-12-24(13-11-23)20(26)17-4-2-3-5-18(17)21/h2-5,15-16H,6-14,21H2,1H3,(H,22,25). The second-order valence-corrected chi connectivity index (χ2v) is 7.68. The number of benzene rings is 1. The second-order valence-electron chi connectivity index (χ2n) is 7.68. The van der Waals surface area contributed by atoms with Gasteiger partial charge in [0, 0.05) is 37.9 Å². The van der Waals surface area contributed by atoms with Crippen LogP contribution in [0.25, 0.3) is 0 Å². The van der Waals surface area contributed by atoms with Gasteiger partial charge in [-0.15, -0.1) is 0 Å². The van der Waals surface area contributed by atoms with Gasteiger partial charge < -0.3 is 16.0 Å². The van der Waals surface area contributed by atoms with Crippen molar-refractivity contribution in [3.05, 3.63) is 29.8 Å². The van der Waals surface area contributed by atoms with E-state index >= 15 is 0 Å². The number of piperazine rings is 1. The van der Waals surface area contributed by atoms with Gasteiger partial charge in [-0.25, -0.2) is 0 Å². The molecule has 6 heteroatoms. The van der Waals surface area contributed by atoms with E-state index in [4.69, 9.17) is 5.73 Å². The van der Waals surface area contributed by atoms with Crippen molar-refractivity contribution in [2.45, 2.75) is 38.6 Å². The molecule has 2 aliphatic rings. The highest BCUT2D eigenvalue weighted by Gasteiger charge is 2.25. The molecule has 1 aromatic rings. The Balaban J connectivity index is 1.43. The molecule has 3 N–H and O–H groups in total. The molecule has 0 bridgehead atoms. The first-order valence-corrected chi connectivity index (χ1v) is 9.68. The summed E-state index contributed by atoms with van der Waals surface area (Å²) in [5.74, 6) is 0.868. The van der Waals surface area contributed by atoms with E-state index in [0.29, 0.717) is 50.0 Å². The zero-order valence-electron chi connectivity index (χ0n) is 15.6. The van der Waals surface area contributed by atoms with E-state index in [0.717, 1.165) is 18.8 Å². The van der Waals surface area contributed by atoms with E-state index in [1.807, 2.05) is 17.0 Å². The van der Waals surface area contributed by atoms with Crippen LogP contribution in [-0.2, 0) is 4.79 Å². The molecule has 0 spiro atoms. The van der Waals surface area contributed by atoms with Gasteiger partial charge in [0.1, 0.15) is 0 Å². The van der Waals surface area contributed by atoms with E-state index < -0.39 is 0 Å². The van der Waals surface area contributed by atoms with Gasteiger partial charge in [-0.3, -0.25) is 14.5 Å². The average Bonchev–Trinajstić information content (AvgIpc) is 2.64. The molecule has 1 aromatic carbocycles. The topological polar surface area (TPSA) is 78.7 Å². The van der Waals surface area contributed by atoms with E-state index in [-0.39, 0.29) is 11.8 Å². The summed E-state index contributed by atoms with van der Waals surface area (Å²) in [6, 6.07) is 7.51. The zero-order valence-corrected chi connectivity index (χ0v) is 15.6. The average molecular weight is 358 g/mol. The van der Waals surface area contributed by atoms with Crippen LogP contribution < -0.4 is 11.1 Å². The van der Waals surface area contributed by atoms with Gasteiger partial charge >= 0.3 is 0 Å². The van der Waals surface area contributed by atoms with Crippen LogP contribution in [0, 0.1) is 5.92 Å². The molecule has 1 aliphatic heterocycles. The Labute approximate surface area is 155 Å². The number of nitrogens with zero attached hydrogens (tertiary/aromatic N) is 2. The summed E-state index contributed by atoms with van der Waals surface area (Å²) in [7, 11) is 0. The number of hydrogen-bond acceptors (Lipinski definition) is 4.